The third-order valence-electron chi connectivity index (χ3n) is 4.49. The number of hydrogen-bond donors (Lipinski definition) is 1. The second-order valence-corrected chi connectivity index (χ2v) is 6.12. The summed E-state index contributed by atoms with van der Waals surface area (Å²) < 4.78 is 13.2. The van der Waals surface area contributed by atoms with Crippen LogP contribution in [0.5, 0.6) is 0 Å². The number of rotatable bonds is 4. The Bertz CT molecular complexity index is 702. The van der Waals surface area contributed by atoms with Gasteiger partial charge in [0.25, 0.3) is 5.91 Å². The lowest BCUT2D eigenvalue weighted by Crippen LogP contribution is -2.39. The highest BCUT2D eigenvalue weighted by molar-refractivity contribution is 6.02. The molecule has 5 heteroatoms. The summed E-state index contributed by atoms with van der Waals surface area (Å²) in [5, 5.41) is 2.66. The highest BCUT2D eigenvalue weighted by Gasteiger charge is 2.21. The predicted molar refractivity (Wildman–Crippen MR) is 93.9 cm³/mol. The lowest BCUT2D eigenvalue weighted by Gasteiger charge is -2.37. The number of aromatic nitrogens is 1. The molecule has 2 aromatic rings. The van der Waals surface area contributed by atoms with Crippen LogP contribution in [0.3, 0.4) is 0 Å². The van der Waals surface area contributed by atoms with Gasteiger partial charge in [-0.15, -0.1) is 0 Å². The molecule has 24 heavy (non-hydrogen) atoms. The van der Waals surface area contributed by atoms with E-state index >= 15 is 0 Å². The van der Waals surface area contributed by atoms with E-state index in [0.717, 1.165) is 18.7 Å². The molecule has 1 unspecified atom stereocenters. The molecule has 1 saturated heterocycles. The average molecular weight is 327 g/mol. The van der Waals surface area contributed by atoms with Crippen molar-refractivity contribution in [2.45, 2.75) is 38.6 Å². The van der Waals surface area contributed by atoms with Crippen molar-refractivity contribution in [3.05, 3.63) is 54.1 Å². The lowest BCUT2D eigenvalue weighted by atomic mass is 9.99. The van der Waals surface area contributed by atoms with E-state index < -0.39 is 0 Å². The molecule has 2 heterocycles. The maximum absolute atomic E-state index is 13.2. The Hall–Kier alpha value is -2.43. The zero-order valence-electron chi connectivity index (χ0n) is 13.8. The number of pyridine rings is 1. The molecule has 3 rings (SSSR count). The average Bonchev–Trinajstić information content (AvgIpc) is 2.62. The summed E-state index contributed by atoms with van der Waals surface area (Å²) in [4.78, 5) is 18.9. The molecule has 1 fully saturated rings. The van der Waals surface area contributed by atoms with Gasteiger partial charge in [0.2, 0.25) is 0 Å². The molecule has 1 aromatic carbocycles. The fourth-order valence-electron chi connectivity index (χ4n) is 3.22. The van der Waals surface area contributed by atoms with Gasteiger partial charge in [0.15, 0.2) is 0 Å². The SMILES string of the molecule is CCC1CCCCN1c1ccc(C(=O)Nc2cccc(F)c2)nc1. The van der Waals surface area contributed by atoms with Crippen LogP contribution in [0.1, 0.15) is 43.1 Å². The molecule has 0 aliphatic carbocycles. The normalized spacial score (nSPS) is 17.6. The lowest BCUT2D eigenvalue weighted by molar-refractivity contribution is 0.102. The van der Waals surface area contributed by atoms with Crippen molar-refractivity contribution in [3.8, 4) is 0 Å². The molecule has 0 spiro atoms. The summed E-state index contributed by atoms with van der Waals surface area (Å²) in [5.74, 6) is -0.718. The van der Waals surface area contributed by atoms with Crippen molar-refractivity contribution in [1.29, 1.82) is 0 Å². The van der Waals surface area contributed by atoms with Crippen molar-refractivity contribution in [1.82, 2.24) is 4.98 Å². The molecular formula is C19H22FN3O. The molecule has 0 bridgehead atoms. The Balaban J connectivity index is 1.70. The summed E-state index contributed by atoms with van der Waals surface area (Å²) >= 11 is 0. The molecule has 1 aliphatic rings. The van der Waals surface area contributed by atoms with Crippen molar-refractivity contribution >= 4 is 17.3 Å². The molecular weight excluding hydrogens is 305 g/mol. The highest BCUT2D eigenvalue weighted by atomic mass is 19.1. The van der Waals surface area contributed by atoms with Gasteiger partial charge in [-0.05, 0) is 56.0 Å². The van der Waals surface area contributed by atoms with Crippen molar-refractivity contribution < 1.29 is 9.18 Å². The summed E-state index contributed by atoms with van der Waals surface area (Å²) in [5.41, 5.74) is 1.81. The Morgan fingerprint density at radius 1 is 1.33 bits per heavy atom. The number of piperidine rings is 1. The van der Waals surface area contributed by atoms with E-state index in [1.165, 1.54) is 31.4 Å². The molecule has 0 saturated carbocycles. The standard InChI is InChI=1S/C19H22FN3O/c1-2-16-8-3-4-11-23(16)17-9-10-18(21-13-17)19(24)22-15-7-5-6-14(20)12-15/h5-7,9-10,12-13,16H,2-4,8,11H2,1H3,(H,22,24). The summed E-state index contributed by atoms with van der Waals surface area (Å²) in [6.45, 7) is 3.24. The van der Waals surface area contributed by atoms with Crippen molar-refractivity contribution in [2.75, 3.05) is 16.8 Å². The van der Waals surface area contributed by atoms with Crippen LogP contribution >= 0.6 is 0 Å². The van der Waals surface area contributed by atoms with Crippen LogP contribution in [-0.2, 0) is 0 Å². The summed E-state index contributed by atoms with van der Waals surface area (Å²) in [7, 11) is 0. The topological polar surface area (TPSA) is 45.2 Å². The number of halogens is 1. The Morgan fingerprint density at radius 3 is 2.92 bits per heavy atom. The first-order valence-electron chi connectivity index (χ1n) is 8.47. The summed E-state index contributed by atoms with van der Waals surface area (Å²) in [6, 6.07) is 10.1. The van der Waals surface area contributed by atoms with Crippen molar-refractivity contribution in [3.63, 3.8) is 0 Å². The quantitative estimate of drug-likeness (QED) is 0.913. The van der Waals surface area contributed by atoms with Gasteiger partial charge in [-0.2, -0.15) is 0 Å². The van der Waals surface area contributed by atoms with Gasteiger partial charge in [0.1, 0.15) is 11.5 Å². The smallest absolute Gasteiger partial charge is 0.274 e. The maximum atomic E-state index is 13.2. The largest absolute Gasteiger partial charge is 0.367 e. The predicted octanol–water partition coefficient (Wildman–Crippen LogP) is 4.24. The highest BCUT2D eigenvalue weighted by Crippen LogP contribution is 2.26. The first-order chi connectivity index (χ1) is 11.7. The minimum atomic E-state index is -0.383. The monoisotopic (exact) mass is 327 g/mol. The Morgan fingerprint density at radius 2 is 2.21 bits per heavy atom. The van der Waals surface area contributed by atoms with Gasteiger partial charge in [-0.1, -0.05) is 13.0 Å². The fourth-order valence-corrected chi connectivity index (χ4v) is 3.22. The molecule has 0 radical (unpaired) electrons. The van der Waals surface area contributed by atoms with Crippen LogP contribution in [0.4, 0.5) is 15.8 Å². The number of nitrogens with zero attached hydrogens (tertiary/aromatic N) is 2. The minimum Gasteiger partial charge on any atom is -0.367 e. The third kappa shape index (κ3) is 3.72. The number of hydrogen-bond acceptors (Lipinski definition) is 3. The second kappa shape index (κ2) is 7.43. The third-order valence-corrected chi connectivity index (χ3v) is 4.49. The van der Waals surface area contributed by atoms with Gasteiger partial charge >= 0.3 is 0 Å². The van der Waals surface area contributed by atoms with E-state index in [9.17, 15) is 9.18 Å². The van der Waals surface area contributed by atoms with Crippen LogP contribution in [-0.4, -0.2) is 23.5 Å². The molecule has 1 amide bonds. The second-order valence-electron chi connectivity index (χ2n) is 6.12. The van der Waals surface area contributed by atoms with E-state index in [-0.39, 0.29) is 11.7 Å². The summed E-state index contributed by atoms with van der Waals surface area (Å²) in [6.07, 6.45) is 6.55. The zero-order valence-corrected chi connectivity index (χ0v) is 13.8. The van der Waals surface area contributed by atoms with Crippen molar-refractivity contribution in [2.24, 2.45) is 0 Å². The molecule has 1 aliphatic heterocycles. The first-order valence-corrected chi connectivity index (χ1v) is 8.47. The Labute approximate surface area is 141 Å². The molecule has 126 valence electrons. The van der Waals surface area contributed by atoms with Gasteiger partial charge in [0.05, 0.1) is 11.9 Å². The van der Waals surface area contributed by atoms with E-state index in [0.29, 0.717) is 17.4 Å². The zero-order chi connectivity index (χ0) is 16.9. The van der Waals surface area contributed by atoms with Crippen LogP contribution < -0.4 is 10.2 Å². The van der Waals surface area contributed by atoms with Crippen LogP contribution in [0.25, 0.3) is 0 Å². The number of nitrogens with one attached hydrogen (secondary N) is 1. The van der Waals surface area contributed by atoms with E-state index in [1.54, 1.807) is 24.4 Å². The molecule has 1 N–H and O–H groups in total. The minimum absolute atomic E-state index is 0.327. The van der Waals surface area contributed by atoms with Crippen LogP contribution in [0.2, 0.25) is 0 Å². The van der Waals surface area contributed by atoms with Gasteiger partial charge < -0.3 is 10.2 Å². The van der Waals surface area contributed by atoms with E-state index in [4.69, 9.17) is 0 Å². The maximum Gasteiger partial charge on any atom is 0.274 e. The number of amides is 1. The Kier molecular flexibility index (Phi) is 5.08. The number of benzene rings is 1. The molecule has 1 atom stereocenters. The van der Waals surface area contributed by atoms with Crippen LogP contribution in [0.15, 0.2) is 42.6 Å². The van der Waals surface area contributed by atoms with E-state index in [2.05, 4.69) is 22.1 Å². The van der Waals surface area contributed by atoms with E-state index in [1.807, 2.05) is 6.07 Å². The molecule has 1 aromatic heterocycles. The first kappa shape index (κ1) is 16.4. The van der Waals surface area contributed by atoms with Gasteiger partial charge in [0, 0.05) is 18.3 Å². The van der Waals surface area contributed by atoms with Gasteiger partial charge in [-0.25, -0.2) is 9.37 Å². The van der Waals surface area contributed by atoms with Crippen LogP contribution in [0, 0.1) is 5.82 Å². The fraction of sp³-hybridized carbons (Fsp3) is 0.368. The molecule has 4 nitrogen and oxygen atoms in total. The number of anilines is 2. The number of carbonyl (C=O) groups is 1. The van der Waals surface area contributed by atoms with Gasteiger partial charge in [-0.3, -0.25) is 4.79 Å². The number of carbonyl (C=O) groups excluding carboxylic acids is 1.